The van der Waals surface area contributed by atoms with E-state index in [0.717, 1.165) is 0 Å². The van der Waals surface area contributed by atoms with Gasteiger partial charge in [-0.3, -0.25) is 4.79 Å². The summed E-state index contributed by atoms with van der Waals surface area (Å²) in [5.74, 6) is -0.445. The van der Waals surface area contributed by atoms with E-state index in [-0.39, 0.29) is 11.6 Å². The van der Waals surface area contributed by atoms with E-state index in [0.29, 0.717) is 17.0 Å². The lowest BCUT2D eigenvalue weighted by molar-refractivity contribution is 0.101. The Balaban J connectivity index is 2.80. The summed E-state index contributed by atoms with van der Waals surface area (Å²) in [6, 6.07) is 2.88. The number of hydrogen-bond donors (Lipinski definition) is 0. The van der Waals surface area contributed by atoms with Crippen LogP contribution in [0.25, 0.3) is 5.65 Å². The fraction of sp³-hybridized carbons (Fsp3) is 0.200. The average molecular weight is 192 g/mol. The monoisotopic (exact) mass is 192 g/mol. The van der Waals surface area contributed by atoms with Crippen LogP contribution in [0.1, 0.15) is 23.1 Å². The Morgan fingerprint density at radius 3 is 2.86 bits per heavy atom. The minimum absolute atomic E-state index is 0.105. The summed E-state index contributed by atoms with van der Waals surface area (Å²) in [7, 11) is 0. The number of rotatable bonds is 1. The Labute approximate surface area is 80.2 Å². The van der Waals surface area contributed by atoms with Crippen LogP contribution in [-0.4, -0.2) is 15.2 Å². The van der Waals surface area contributed by atoms with Gasteiger partial charge in [0.2, 0.25) is 0 Å². The van der Waals surface area contributed by atoms with Gasteiger partial charge in [0, 0.05) is 13.1 Å². The van der Waals surface area contributed by atoms with Crippen LogP contribution in [0, 0.1) is 12.7 Å². The van der Waals surface area contributed by atoms with Crippen molar-refractivity contribution in [3.63, 3.8) is 0 Å². The van der Waals surface area contributed by atoms with Gasteiger partial charge in [0.1, 0.15) is 17.2 Å². The summed E-state index contributed by atoms with van der Waals surface area (Å²) in [6.45, 7) is 3.20. The molecule has 2 heterocycles. The maximum absolute atomic E-state index is 12.9. The summed E-state index contributed by atoms with van der Waals surface area (Å²) >= 11 is 0. The van der Waals surface area contributed by atoms with Crippen LogP contribution in [0.5, 0.6) is 0 Å². The normalized spacial score (nSPS) is 10.8. The molecule has 0 aliphatic rings. The van der Waals surface area contributed by atoms with Gasteiger partial charge in [0.15, 0.2) is 5.78 Å². The molecule has 0 saturated carbocycles. The summed E-state index contributed by atoms with van der Waals surface area (Å²) < 4.78 is 14.5. The number of aryl methyl sites for hydroxylation is 1. The maximum atomic E-state index is 12.9. The average Bonchev–Trinajstić information content (AvgIpc) is 2.44. The molecule has 0 amide bonds. The Morgan fingerprint density at radius 2 is 2.21 bits per heavy atom. The van der Waals surface area contributed by atoms with Gasteiger partial charge in [-0.25, -0.2) is 9.37 Å². The molecule has 2 aromatic heterocycles. The van der Waals surface area contributed by atoms with Crippen molar-refractivity contribution >= 4 is 11.4 Å². The van der Waals surface area contributed by atoms with E-state index >= 15 is 0 Å². The number of carbonyl (C=O) groups excluding carboxylic acids is 1. The number of ketones is 1. The molecule has 0 unspecified atom stereocenters. The number of aromatic nitrogens is 2. The van der Waals surface area contributed by atoms with Crippen molar-refractivity contribution in [3.05, 3.63) is 35.5 Å². The Morgan fingerprint density at radius 1 is 1.50 bits per heavy atom. The lowest BCUT2D eigenvalue weighted by atomic mass is 10.3. The van der Waals surface area contributed by atoms with Crippen LogP contribution < -0.4 is 0 Å². The topological polar surface area (TPSA) is 34.4 Å². The molecule has 2 aromatic rings. The predicted molar refractivity (Wildman–Crippen MR) is 49.9 cm³/mol. The van der Waals surface area contributed by atoms with Crippen molar-refractivity contribution in [3.8, 4) is 0 Å². The van der Waals surface area contributed by atoms with Crippen LogP contribution >= 0.6 is 0 Å². The van der Waals surface area contributed by atoms with Crippen LogP contribution in [0.15, 0.2) is 18.3 Å². The van der Waals surface area contributed by atoms with Gasteiger partial charge in [-0.1, -0.05) is 0 Å². The summed E-state index contributed by atoms with van der Waals surface area (Å²) in [5, 5.41) is 0. The van der Waals surface area contributed by atoms with Crippen LogP contribution in [0.4, 0.5) is 4.39 Å². The van der Waals surface area contributed by atoms with Crippen molar-refractivity contribution in [2.75, 3.05) is 0 Å². The van der Waals surface area contributed by atoms with Gasteiger partial charge in [-0.05, 0) is 19.1 Å². The standard InChI is InChI=1S/C10H9FN2O/c1-6-10(7(2)14)12-9-4-3-8(11)5-13(6)9/h3-5H,1-2H3. The van der Waals surface area contributed by atoms with Gasteiger partial charge in [-0.2, -0.15) is 0 Å². The molecular formula is C10H9FN2O. The van der Waals surface area contributed by atoms with Crippen molar-refractivity contribution in [1.82, 2.24) is 9.38 Å². The lowest BCUT2D eigenvalue weighted by Gasteiger charge is -1.95. The molecule has 0 N–H and O–H groups in total. The van der Waals surface area contributed by atoms with Crippen molar-refractivity contribution in [2.45, 2.75) is 13.8 Å². The molecule has 0 aliphatic carbocycles. The van der Waals surface area contributed by atoms with Gasteiger partial charge in [-0.15, -0.1) is 0 Å². The molecule has 4 heteroatoms. The van der Waals surface area contributed by atoms with Gasteiger partial charge in [0.25, 0.3) is 0 Å². The number of carbonyl (C=O) groups is 1. The highest BCUT2D eigenvalue weighted by atomic mass is 19.1. The fourth-order valence-corrected chi connectivity index (χ4v) is 1.47. The lowest BCUT2D eigenvalue weighted by Crippen LogP contribution is -1.96. The van der Waals surface area contributed by atoms with E-state index in [1.165, 1.54) is 19.2 Å². The molecule has 72 valence electrons. The highest BCUT2D eigenvalue weighted by molar-refractivity contribution is 5.94. The number of pyridine rings is 1. The van der Waals surface area contributed by atoms with Gasteiger partial charge >= 0.3 is 0 Å². The van der Waals surface area contributed by atoms with Crippen LogP contribution in [0.3, 0.4) is 0 Å². The van der Waals surface area contributed by atoms with Crippen LogP contribution in [-0.2, 0) is 0 Å². The zero-order valence-electron chi connectivity index (χ0n) is 7.91. The van der Waals surface area contributed by atoms with E-state index in [1.807, 2.05) is 0 Å². The minimum atomic E-state index is -0.340. The largest absolute Gasteiger partial charge is 0.301 e. The molecule has 14 heavy (non-hydrogen) atoms. The quantitative estimate of drug-likeness (QED) is 0.647. The minimum Gasteiger partial charge on any atom is -0.301 e. The molecule has 0 bridgehead atoms. The third-order valence-corrected chi connectivity index (χ3v) is 2.15. The van der Waals surface area contributed by atoms with Gasteiger partial charge in [0.05, 0.1) is 5.69 Å². The van der Waals surface area contributed by atoms with Crippen LogP contribution in [0.2, 0.25) is 0 Å². The predicted octanol–water partition coefficient (Wildman–Crippen LogP) is 1.98. The first kappa shape index (κ1) is 8.87. The number of hydrogen-bond acceptors (Lipinski definition) is 2. The second kappa shape index (κ2) is 2.90. The van der Waals surface area contributed by atoms with Crippen molar-refractivity contribution < 1.29 is 9.18 Å². The Hall–Kier alpha value is -1.71. The molecule has 0 atom stereocenters. The number of imidazole rings is 1. The number of halogens is 1. The molecule has 0 spiro atoms. The molecule has 0 radical (unpaired) electrons. The first-order valence-electron chi connectivity index (χ1n) is 4.25. The van der Waals surface area contributed by atoms with Crippen molar-refractivity contribution in [1.29, 1.82) is 0 Å². The van der Waals surface area contributed by atoms with E-state index in [2.05, 4.69) is 4.98 Å². The van der Waals surface area contributed by atoms with E-state index in [1.54, 1.807) is 17.4 Å². The van der Waals surface area contributed by atoms with Gasteiger partial charge < -0.3 is 4.40 Å². The molecular weight excluding hydrogens is 183 g/mol. The molecule has 0 aliphatic heterocycles. The maximum Gasteiger partial charge on any atom is 0.179 e. The second-order valence-corrected chi connectivity index (χ2v) is 3.18. The fourth-order valence-electron chi connectivity index (χ4n) is 1.47. The molecule has 0 fully saturated rings. The first-order chi connectivity index (χ1) is 6.59. The highest BCUT2D eigenvalue weighted by Crippen LogP contribution is 2.12. The zero-order valence-corrected chi connectivity index (χ0v) is 7.91. The molecule has 0 aromatic carbocycles. The Kier molecular flexibility index (Phi) is 1.84. The van der Waals surface area contributed by atoms with Crippen molar-refractivity contribution in [2.24, 2.45) is 0 Å². The third-order valence-electron chi connectivity index (χ3n) is 2.15. The zero-order chi connectivity index (χ0) is 10.3. The summed E-state index contributed by atoms with van der Waals surface area (Å²) in [5.41, 5.74) is 1.66. The number of nitrogens with zero attached hydrogens (tertiary/aromatic N) is 2. The SMILES string of the molecule is CC(=O)c1nc2ccc(F)cn2c1C. The number of fused-ring (bicyclic) bond motifs is 1. The molecule has 3 nitrogen and oxygen atoms in total. The number of Topliss-reactive ketones (excluding diaryl/α,β-unsaturated/α-hetero) is 1. The van der Waals surface area contributed by atoms with E-state index in [4.69, 9.17) is 0 Å². The molecule has 2 rings (SSSR count). The highest BCUT2D eigenvalue weighted by Gasteiger charge is 2.11. The first-order valence-corrected chi connectivity index (χ1v) is 4.25. The second-order valence-electron chi connectivity index (χ2n) is 3.18. The molecule has 0 saturated heterocycles. The Bertz CT molecular complexity index is 516. The van der Waals surface area contributed by atoms with E-state index < -0.39 is 0 Å². The smallest absolute Gasteiger partial charge is 0.179 e. The summed E-state index contributed by atoms with van der Waals surface area (Å²) in [6.07, 6.45) is 1.32. The third kappa shape index (κ3) is 1.19. The summed E-state index contributed by atoms with van der Waals surface area (Å²) in [4.78, 5) is 15.3. The van der Waals surface area contributed by atoms with E-state index in [9.17, 15) is 9.18 Å².